The molecule has 34 heavy (non-hydrogen) atoms. The molecule has 176 valence electrons. The molecule has 5 nitrogen and oxygen atoms in total. The van der Waals surface area contributed by atoms with Crippen molar-refractivity contribution in [1.29, 1.82) is 0 Å². The zero-order valence-corrected chi connectivity index (χ0v) is 19.0. The molecule has 0 spiro atoms. The number of rotatable bonds is 11. The standard InChI is InChI=1S/C28H28FNO4/c29-28-24(19-27(31)32)10-5-11-26(28)33-16-17-34-30-25(18-20-6-4-7-20)23-14-12-22(13-15-23)21-8-2-1-3-9-21/h1-3,5,8-15,20H,4,6-7,16-19H2,(H,31,32). The number of nitrogens with zero attached hydrogens (tertiary/aromatic N) is 1. The molecule has 4 rings (SSSR count). The van der Waals surface area contributed by atoms with Crippen LogP contribution in [0.3, 0.4) is 0 Å². The van der Waals surface area contributed by atoms with Crippen molar-refractivity contribution < 1.29 is 23.9 Å². The van der Waals surface area contributed by atoms with Crippen LogP contribution in [0, 0.1) is 11.7 Å². The summed E-state index contributed by atoms with van der Waals surface area (Å²) in [6, 6.07) is 23.0. The molecule has 0 heterocycles. The van der Waals surface area contributed by atoms with E-state index in [9.17, 15) is 9.18 Å². The molecule has 0 aliphatic heterocycles. The number of carbonyl (C=O) groups is 1. The average molecular weight is 462 g/mol. The summed E-state index contributed by atoms with van der Waals surface area (Å²) in [7, 11) is 0. The van der Waals surface area contributed by atoms with Crippen LogP contribution in [0.5, 0.6) is 5.75 Å². The third-order valence-electron chi connectivity index (χ3n) is 6.02. The highest BCUT2D eigenvalue weighted by atomic mass is 19.1. The summed E-state index contributed by atoms with van der Waals surface area (Å²) in [5.41, 5.74) is 4.33. The Balaban J connectivity index is 1.37. The molecule has 0 saturated heterocycles. The van der Waals surface area contributed by atoms with Gasteiger partial charge in [-0.2, -0.15) is 0 Å². The number of carboxylic acids is 1. The van der Waals surface area contributed by atoms with Gasteiger partial charge in [0.25, 0.3) is 0 Å². The van der Waals surface area contributed by atoms with Gasteiger partial charge in [-0.05, 0) is 35.1 Å². The largest absolute Gasteiger partial charge is 0.487 e. The third kappa shape index (κ3) is 6.22. The Kier molecular flexibility index (Phi) is 7.91. The van der Waals surface area contributed by atoms with Crippen LogP contribution in [0.4, 0.5) is 4.39 Å². The zero-order chi connectivity index (χ0) is 23.8. The maximum Gasteiger partial charge on any atom is 0.307 e. The molecule has 1 N–H and O–H groups in total. The Morgan fingerprint density at radius 1 is 0.941 bits per heavy atom. The first-order valence-electron chi connectivity index (χ1n) is 11.6. The molecule has 1 saturated carbocycles. The second-order valence-electron chi connectivity index (χ2n) is 8.46. The van der Waals surface area contributed by atoms with Gasteiger partial charge >= 0.3 is 5.97 Å². The van der Waals surface area contributed by atoms with Gasteiger partial charge in [-0.25, -0.2) is 4.39 Å². The molecule has 0 radical (unpaired) electrons. The molecule has 0 atom stereocenters. The van der Waals surface area contributed by atoms with E-state index in [0.717, 1.165) is 23.3 Å². The smallest absolute Gasteiger partial charge is 0.307 e. The minimum atomic E-state index is -1.09. The van der Waals surface area contributed by atoms with Crippen molar-refractivity contribution in [3.8, 4) is 16.9 Å². The Morgan fingerprint density at radius 2 is 1.68 bits per heavy atom. The monoisotopic (exact) mass is 461 g/mol. The predicted octanol–water partition coefficient (Wildman–Crippen LogP) is 6.11. The fourth-order valence-electron chi connectivity index (χ4n) is 3.94. The molecule has 0 unspecified atom stereocenters. The van der Waals surface area contributed by atoms with E-state index in [4.69, 9.17) is 14.7 Å². The minimum absolute atomic E-state index is 0.0116. The van der Waals surface area contributed by atoms with Gasteiger partial charge in [0.15, 0.2) is 18.2 Å². The normalized spacial score (nSPS) is 13.9. The van der Waals surface area contributed by atoms with E-state index < -0.39 is 18.2 Å². The van der Waals surface area contributed by atoms with Crippen molar-refractivity contribution in [2.45, 2.75) is 32.1 Å². The summed E-state index contributed by atoms with van der Waals surface area (Å²) < 4.78 is 19.8. The SMILES string of the molecule is O=C(O)Cc1cccc(OCCON=C(CC2CCC2)c2ccc(-c3ccccc3)cc2)c1F. The second-order valence-corrected chi connectivity index (χ2v) is 8.46. The number of hydrogen-bond acceptors (Lipinski definition) is 4. The summed E-state index contributed by atoms with van der Waals surface area (Å²) in [4.78, 5) is 16.4. The number of oxime groups is 1. The topological polar surface area (TPSA) is 68.1 Å². The number of ether oxygens (including phenoxy) is 1. The molecule has 6 heteroatoms. The van der Waals surface area contributed by atoms with Gasteiger partial charge < -0.3 is 14.7 Å². The van der Waals surface area contributed by atoms with E-state index in [0.29, 0.717) is 5.92 Å². The van der Waals surface area contributed by atoms with Crippen molar-refractivity contribution in [2.75, 3.05) is 13.2 Å². The van der Waals surface area contributed by atoms with Crippen LogP contribution in [0.25, 0.3) is 11.1 Å². The fraction of sp³-hybridized carbons (Fsp3) is 0.286. The first-order chi connectivity index (χ1) is 16.6. The van der Waals surface area contributed by atoms with E-state index >= 15 is 0 Å². The lowest BCUT2D eigenvalue weighted by Crippen LogP contribution is -2.17. The Bertz CT molecular complexity index is 1120. The van der Waals surface area contributed by atoms with E-state index in [1.54, 1.807) is 6.07 Å². The lowest BCUT2D eigenvalue weighted by molar-refractivity contribution is -0.136. The van der Waals surface area contributed by atoms with Crippen LogP contribution < -0.4 is 4.74 Å². The molecule has 1 aliphatic rings. The van der Waals surface area contributed by atoms with Crippen molar-refractivity contribution in [3.63, 3.8) is 0 Å². The molecule has 3 aromatic rings. The maximum absolute atomic E-state index is 14.4. The number of halogens is 1. The molecular weight excluding hydrogens is 433 g/mol. The summed E-state index contributed by atoms with van der Waals surface area (Å²) in [6.45, 7) is 0.249. The van der Waals surface area contributed by atoms with Crippen molar-refractivity contribution in [1.82, 2.24) is 0 Å². The van der Waals surface area contributed by atoms with Crippen molar-refractivity contribution >= 4 is 11.7 Å². The highest BCUT2D eigenvalue weighted by Gasteiger charge is 2.21. The van der Waals surface area contributed by atoms with Crippen LogP contribution in [-0.4, -0.2) is 30.0 Å². The quantitative estimate of drug-likeness (QED) is 0.213. The Morgan fingerprint density at radius 3 is 2.35 bits per heavy atom. The van der Waals surface area contributed by atoms with Crippen LogP contribution in [0.2, 0.25) is 0 Å². The van der Waals surface area contributed by atoms with E-state index in [1.807, 2.05) is 18.2 Å². The predicted molar refractivity (Wildman–Crippen MR) is 130 cm³/mol. The highest BCUT2D eigenvalue weighted by molar-refractivity contribution is 6.00. The third-order valence-corrected chi connectivity index (χ3v) is 6.02. The molecule has 1 fully saturated rings. The average Bonchev–Trinajstić information content (AvgIpc) is 2.82. The van der Waals surface area contributed by atoms with Gasteiger partial charge in [0, 0.05) is 5.56 Å². The van der Waals surface area contributed by atoms with Crippen LogP contribution in [0.1, 0.15) is 36.8 Å². The van der Waals surface area contributed by atoms with Crippen LogP contribution in [-0.2, 0) is 16.1 Å². The summed E-state index contributed by atoms with van der Waals surface area (Å²) >= 11 is 0. The number of hydrogen-bond donors (Lipinski definition) is 1. The summed E-state index contributed by atoms with van der Waals surface area (Å²) in [5, 5.41) is 13.3. The molecule has 0 amide bonds. The lowest BCUT2D eigenvalue weighted by atomic mass is 9.80. The first-order valence-corrected chi connectivity index (χ1v) is 11.6. The van der Waals surface area contributed by atoms with E-state index in [1.165, 1.54) is 37.0 Å². The molecule has 0 aromatic heterocycles. The number of carboxylic acid groups (broad SMARTS) is 1. The van der Waals surface area contributed by atoms with Gasteiger partial charge in [-0.3, -0.25) is 4.79 Å². The van der Waals surface area contributed by atoms with E-state index in [2.05, 4.69) is 41.6 Å². The van der Waals surface area contributed by atoms with Gasteiger partial charge in [0.1, 0.15) is 6.61 Å². The van der Waals surface area contributed by atoms with Gasteiger partial charge in [0.2, 0.25) is 0 Å². The fourth-order valence-corrected chi connectivity index (χ4v) is 3.94. The van der Waals surface area contributed by atoms with Gasteiger partial charge in [0.05, 0.1) is 12.1 Å². The Hall–Kier alpha value is -3.67. The van der Waals surface area contributed by atoms with Crippen LogP contribution >= 0.6 is 0 Å². The molecular formula is C28H28FNO4. The first kappa shape index (κ1) is 23.5. The number of benzene rings is 3. The lowest BCUT2D eigenvalue weighted by Gasteiger charge is -2.25. The summed E-state index contributed by atoms with van der Waals surface area (Å²) in [5.74, 6) is -1.11. The van der Waals surface area contributed by atoms with Gasteiger partial charge in [-0.15, -0.1) is 0 Å². The molecule has 1 aliphatic carbocycles. The molecule has 0 bridgehead atoms. The Labute approximate surface area is 198 Å². The van der Waals surface area contributed by atoms with Gasteiger partial charge in [-0.1, -0.05) is 91.1 Å². The zero-order valence-electron chi connectivity index (χ0n) is 19.0. The molecule has 3 aromatic carbocycles. The van der Waals surface area contributed by atoms with Crippen molar-refractivity contribution in [2.24, 2.45) is 11.1 Å². The summed E-state index contributed by atoms with van der Waals surface area (Å²) in [6.07, 6.45) is 4.13. The number of aliphatic carboxylic acids is 1. The van der Waals surface area contributed by atoms with Crippen molar-refractivity contribution in [3.05, 3.63) is 89.7 Å². The minimum Gasteiger partial charge on any atom is -0.487 e. The van der Waals surface area contributed by atoms with Crippen LogP contribution in [0.15, 0.2) is 78.0 Å². The second kappa shape index (κ2) is 11.5. The van der Waals surface area contributed by atoms with E-state index in [-0.39, 0.29) is 24.5 Å². The highest BCUT2D eigenvalue weighted by Crippen LogP contribution is 2.31. The maximum atomic E-state index is 14.4.